The second-order valence-corrected chi connectivity index (χ2v) is 12.2. The van der Waals surface area contributed by atoms with E-state index < -0.39 is 8.32 Å². The first-order valence-electron chi connectivity index (χ1n) is 7.17. The fourth-order valence-corrected chi connectivity index (χ4v) is 3.89. The van der Waals surface area contributed by atoms with E-state index in [1.165, 1.54) is 0 Å². The third-order valence-corrected chi connectivity index (χ3v) is 9.49. The lowest BCUT2D eigenvalue weighted by Gasteiger charge is -2.42. The van der Waals surface area contributed by atoms with Crippen molar-refractivity contribution in [1.82, 2.24) is 0 Å². The number of ether oxygens (including phenoxy) is 1. The zero-order chi connectivity index (χ0) is 14.4. The van der Waals surface area contributed by atoms with Crippen LogP contribution in [0, 0.1) is 11.8 Å². The van der Waals surface area contributed by atoms with Gasteiger partial charge in [0.05, 0.1) is 12.5 Å². The first-order valence-corrected chi connectivity index (χ1v) is 10.1. The summed E-state index contributed by atoms with van der Waals surface area (Å²) in [6.07, 6.45) is 4.75. The molecule has 1 saturated heterocycles. The van der Waals surface area contributed by atoms with E-state index in [-0.39, 0.29) is 29.1 Å². The van der Waals surface area contributed by atoms with Crippen molar-refractivity contribution in [1.29, 1.82) is 0 Å². The topological polar surface area (TPSA) is 35.5 Å². The van der Waals surface area contributed by atoms with Crippen LogP contribution in [0.5, 0.6) is 0 Å². The molecule has 2 aliphatic rings. The number of rotatable bonds is 2. The molecule has 1 heterocycles. The standard InChI is InChI=1S/C15H26O3Si/c1-10-11-9-14(16)17-13(11)8-7-12(10)18-19(5,6)15(2,3)4/h7-8,10-13H,9H2,1-6H3/t10-,11-,12-,13+/m1/s1. The number of carbonyl (C=O) groups excluding carboxylic acids is 1. The highest BCUT2D eigenvalue weighted by molar-refractivity contribution is 6.74. The molecule has 3 nitrogen and oxygen atoms in total. The van der Waals surface area contributed by atoms with Crippen LogP contribution in [-0.4, -0.2) is 26.5 Å². The highest BCUT2D eigenvalue weighted by Crippen LogP contribution is 2.42. The second kappa shape index (κ2) is 4.74. The normalized spacial score (nSPS) is 35.2. The molecule has 0 aromatic carbocycles. The molecule has 1 fully saturated rings. The van der Waals surface area contributed by atoms with Gasteiger partial charge in [0.15, 0.2) is 8.32 Å². The van der Waals surface area contributed by atoms with Crippen LogP contribution >= 0.6 is 0 Å². The quantitative estimate of drug-likeness (QED) is 0.442. The Hall–Kier alpha value is -0.613. The molecule has 1 aliphatic heterocycles. The molecule has 1 aliphatic carbocycles. The van der Waals surface area contributed by atoms with Crippen LogP contribution in [0.25, 0.3) is 0 Å². The molecule has 0 unspecified atom stereocenters. The summed E-state index contributed by atoms with van der Waals surface area (Å²) in [6, 6.07) is 0. The number of hydrogen-bond acceptors (Lipinski definition) is 3. The van der Waals surface area contributed by atoms with Crippen molar-refractivity contribution in [2.75, 3.05) is 0 Å². The van der Waals surface area contributed by atoms with Crippen LogP contribution in [0.3, 0.4) is 0 Å². The second-order valence-electron chi connectivity index (χ2n) is 7.41. The summed E-state index contributed by atoms with van der Waals surface area (Å²) < 4.78 is 11.8. The molecule has 0 bridgehead atoms. The van der Waals surface area contributed by atoms with Gasteiger partial charge in [0.25, 0.3) is 0 Å². The molecule has 4 atom stereocenters. The van der Waals surface area contributed by atoms with E-state index >= 15 is 0 Å². The van der Waals surface area contributed by atoms with Gasteiger partial charge in [-0.1, -0.05) is 33.8 Å². The Balaban J connectivity index is 2.11. The Labute approximate surface area is 117 Å². The maximum absolute atomic E-state index is 11.4. The molecule has 0 spiro atoms. The number of hydrogen-bond donors (Lipinski definition) is 0. The Morgan fingerprint density at radius 2 is 1.95 bits per heavy atom. The van der Waals surface area contributed by atoms with Gasteiger partial charge in [-0.3, -0.25) is 4.79 Å². The summed E-state index contributed by atoms with van der Waals surface area (Å²) in [5.74, 6) is 0.558. The van der Waals surface area contributed by atoms with Crippen LogP contribution in [0.4, 0.5) is 0 Å². The molecule has 0 N–H and O–H groups in total. The average molecular weight is 282 g/mol. The van der Waals surface area contributed by atoms with Crippen molar-refractivity contribution in [2.24, 2.45) is 11.8 Å². The van der Waals surface area contributed by atoms with E-state index in [0.717, 1.165) is 0 Å². The van der Waals surface area contributed by atoms with Crippen molar-refractivity contribution in [3.8, 4) is 0 Å². The van der Waals surface area contributed by atoms with Crippen molar-refractivity contribution < 1.29 is 14.0 Å². The van der Waals surface area contributed by atoms with E-state index in [0.29, 0.717) is 12.3 Å². The fraction of sp³-hybridized carbons (Fsp3) is 0.800. The van der Waals surface area contributed by atoms with E-state index in [1.54, 1.807) is 0 Å². The molecule has 0 amide bonds. The van der Waals surface area contributed by atoms with Crippen molar-refractivity contribution in [3.05, 3.63) is 12.2 Å². The summed E-state index contributed by atoms with van der Waals surface area (Å²) in [5.41, 5.74) is 0. The summed E-state index contributed by atoms with van der Waals surface area (Å²) in [5, 5.41) is 0.208. The van der Waals surface area contributed by atoms with Gasteiger partial charge >= 0.3 is 5.97 Å². The molecule has 108 valence electrons. The Kier molecular flexibility index (Phi) is 3.69. The lowest BCUT2D eigenvalue weighted by atomic mass is 9.80. The maximum atomic E-state index is 11.4. The number of fused-ring (bicyclic) bond motifs is 1. The van der Waals surface area contributed by atoms with Crippen LogP contribution in [-0.2, 0) is 14.0 Å². The highest BCUT2D eigenvalue weighted by Gasteiger charge is 2.45. The predicted octanol–water partition coefficient (Wildman–Crippen LogP) is 3.51. The molecular weight excluding hydrogens is 256 g/mol. The Morgan fingerprint density at radius 1 is 1.32 bits per heavy atom. The van der Waals surface area contributed by atoms with Gasteiger partial charge in [-0.15, -0.1) is 0 Å². The molecule has 0 aromatic rings. The van der Waals surface area contributed by atoms with Crippen molar-refractivity contribution in [3.63, 3.8) is 0 Å². The van der Waals surface area contributed by atoms with Gasteiger partial charge in [0, 0.05) is 5.92 Å². The van der Waals surface area contributed by atoms with Crippen LogP contribution in [0.15, 0.2) is 12.2 Å². The molecule has 2 rings (SSSR count). The Morgan fingerprint density at radius 3 is 2.53 bits per heavy atom. The van der Waals surface area contributed by atoms with Gasteiger partial charge < -0.3 is 9.16 Å². The molecule has 4 heteroatoms. The smallest absolute Gasteiger partial charge is 0.306 e. The first-order chi connectivity index (χ1) is 8.62. The average Bonchev–Trinajstić information content (AvgIpc) is 2.62. The zero-order valence-corrected chi connectivity index (χ0v) is 13.9. The van der Waals surface area contributed by atoms with Crippen molar-refractivity contribution in [2.45, 2.75) is 64.5 Å². The molecule has 0 radical (unpaired) electrons. The van der Waals surface area contributed by atoms with E-state index in [1.807, 2.05) is 6.08 Å². The molecular formula is C15H26O3Si. The first kappa shape index (κ1) is 14.8. The lowest BCUT2D eigenvalue weighted by Crippen LogP contribution is -2.47. The van der Waals surface area contributed by atoms with Gasteiger partial charge in [0.1, 0.15) is 6.10 Å². The summed E-state index contributed by atoms with van der Waals surface area (Å²) >= 11 is 0. The minimum absolute atomic E-state index is 0.0261. The minimum atomic E-state index is -1.77. The lowest BCUT2D eigenvalue weighted by molar-refractivity contribution is -0.140. The maximum Gasteiger partial charge on any atom is 0.306 e. The monoisotopic (exact) mass is 282 g/mol. The summed E-state index contributed by atoms with van der Waals surface area (Å²) in [7, 11) is -1.77. The third kappa shape index (κ3) is 2.79. The van der Waals surface area contributed by atoms with Gasteiger partial charge in [-0.05, 0) is 30.1 Å². The van der Waals surface area contributed by atoms with Gasteiger partial charge in [-0.2, -0.15) is 0 Å². The Bertz CT molecular complexity index is 395. The highest BCUT2D eigenvalue weighted by atomic mass is 28.4. The van der Waals surface area contributed by atoms with Gasteiger partial charge in [0.2, 0.25) is 0 Å². The third-order valence-electron chi connectivity index (χ3n) is 5.01. The van der Waals surface area contributed by atoms with Gasteiger partial charge in [-0.25, -0.2) is 0 Å². The van der Waals surface area contributed by atoms with E-state index in [2.05, 4.69) is 46.9 Å². The molecule has 0 aromatic heterocycles. The van der Waals surface area contributed by atoms with Crippen LogP contribution in [0.1, 0.15) is 34.1 Å². The molecule has 0 saturated carbocycles. The van der Waals surface area contributed by atoms with Crippen LogP contribution in [0.2, 0.25) is 18.1 Å². The van der Waals surface area contributed by atoms with Crippen LogP contribution < -0.4 is 0 Å². The van der Waals surface area contributed by atoms with E-state index in [9.17, 15) is 4.79 Å². The fourth-order valence-electron chi connectivity index (χ4n) is 2.56. The summed E-state index contributed by atoms with van der Waals surface area (Å²) in [4.78, 5) is 11.4. The zero-order valence-electron chi connectivity index (χ0n) is 12.9. The minimum Gasteiger partial charge on any atom is -0.458 e. The number of esters is 1. The summed E-state index contributed by atoms with van der Waals surface area (Å²) in [6.45, 7) is 13.5. The molecule has 19 heavy (non-hydrogen) atoms. The van der Waals surface area contributed by atoms with Crippen molar-refractivity contribution >= 4 is 14.3 Å². The predicted molar refractivity (Wildman–Crippen MR) is 78.4 cm³/mol. The largest absolute Gasteiger partial charge is 0.458 e. The number of carbonyl (C=O) groups is 1. The SMILES string of the molecule is C[C@@H]1[C@H]2CC(=O)O[C@H]2C=C[C@H]1O[Si](C)(C)C(C)(C)C. The van der Waals surface area contributed by atoms with E-state index in [4.69, 9.17) is 9.16 Å².